The number of nitrogens with zero attached hydrogens (tertiary/aromatic N) is 2. The van der Waals surface area contributed by atoms with E-state index in [4.69, 9.17) is 4.74 Å². The van der Waals surface area contributed by atoms with Crippen molar-refractivity contribution in [2.75, 3.05) is 0 Å². The molecule has 130 valence electrons. The van der Waals surface area contributed by atoms with Crippen LogP contribution in [0, 0.1) is 0 Å². The van der Waals surface area contributed by atoms with Crippen molar-refractivity contribution in [2.24, 2.45) is 4.40 Å². The summed E-state index contributed by atoms with van der Waals surface area (Å²) in [6.07, 6.45) is 2.78. The maximum Gasteiger partial charge on any atom is 0.419 e. The highest BCUT2D eigenvalue weighted by Crippen LogP contribution is 2.23. The number of carbonyl (C=O) groups excluding carboxylic acids is 1. The van der Waals surface area contributed by atoms with Gasteiger partial charge in [0, 0.05) is 17.1 Å². The van der Waals surface area contributed by atoms with E-state index in [9.17, 15) is 9.35 Å². The lowest BCUT2D eigenvalue weighted by atomic mass is 10.2. The molecule has 0 aliphatic carbocycles. The van der Waals surface area contributed by atoms with Gasteiger partial charge in [-0.15, -0.1) is 0 Å². The number of fused-ring (bicyclic) bond motifs is 1. The molecule has 1 aromatic heterocycles. The third kappa shape index (κ3) is 4.39. The predicted molar refractivity (Wildman–Crippen MR) is 99.1 cm³/mol. The maximum atomic E-state index is 12.4. The Labute approximate surface area is 146 Å². The monoisotopic (exact) mass is 348 g/mol. The average Bonchev–Trinajstić information content (AvgIpc) is 2.81. The molecule has 0 radical (unpaired) electrons. The zero-order chi connectivity index (χ0) is 18.1. The van der Waals surface area contributed by atoms with Gasteiger partial charge in [0.2, 0.25) is 0 Å². The quantitative estimate of drug-likeness (QED) is 0.600. The SMILES string of the molecule is CC(C)(C)OC(=O)n1cc(/C=N/[S+]([O-])C(C)(C)C)c2ccccc21. The minimum absolute atomic E-state index is 0.431. The van der Waals surface area contributed by atoms with E-state index >= 15 is 0 Å². The Morgan fingerprint density at radius 2 is 1.83 bits per heavy atom. The second-order valence-corrected chi connectivity index (χ2v) is 9.48. The first-order chi connectivity index (χ1) is 11.0. The summed E-state index contributed by atoms with van der Waals surface area (Å²) in [5, 5.41) is 0.859. The lowest BCUT2D eigenvalue weighted by molar-refractivity contribution is 0.0544. The van der Waals surface area contributed by atoms with Crippen LogP contribution in [0.1, 0.15) is 47.1 Å². The molecule has 6 heteroatoms. The van der Waals surface area contributed by atoms with Gasteiger partial charge in [-0.05, 0) is 47.6 Å². The van der Waals surface area contributed by atoms with Gasteiger partial charge in [-0.3, -0.25) is 4.57 Å². The molecule has 0 bridgehead atoms. The molecular formula is C18H24N2O3S. The summed E-state index contributed by atoms with van der Waals surface area (Å²) in [4.78, 5) is 12.4. The number of hydrogen-bond acceptors (Lipinski definition) is 4. The summed E-state index contributed by atoms with van der Waals surface area (Å²) in [5.74, 6) is 0. The molecule has 0 saturated heterocycles. The van der Waals surface area contributed by atoms with Crippen molar-refractivity contribution in [3.8, 4) is 0 Å². The van der Waals surface area contributed by atoms with Crippen LogP contribution in [-0.4, -0.2) is 31.8 Å². The van der Waals surface area contributed by atoms with E-state index < -0.39 is 27.8 Å². The molecule has 1 aromatic carbocycles. The molecule has 1 atom stereocenters. The molecule has 2 aromatic rings. The fourth-order valence-corrected chi connectivity index (χ4v) is 2.56. The van der Waals surface area contributed by atoms with Crippen LogP contribution in [-0.2, 0) is 16.1 Å². The topological polar surface area (TPSA) is 66.7 Å². The van der Waals surface area contributed by atoms with E-state index in [-0.39, 0.29) is 0 Å². The normalized spacial score (nSPS) is 14.3. The molecule has 0 N–H and O–H groups in total. The Bertz CT molecular complexity index is 767. The van der Waals surface area contributed by atoms with Gasteiger partial charge in [0.15, 0.2) is 0 Å². The van der Waals surface area contributed by atoms with Crippen molar-refractivity contribution in [3.05, 3.63) is 36.0 Å². The average molecular weight is 348 g/mol. The van der Waals surface area contributed by atoms with Crippen LogP contribution in [0.3, 0.4) is 0 Å². The van der Waals surface area contributed by atoms with Gasteiger partial charge in [0.25, 0.3) is 0 Å². The Morgan fingerprint density at radius 1 is 1.21 bits per heavy atom. The third-order valence-corrected chi connectivity index (χ3v) is 4.49. The van der Waals surface area contributed by atoms with Gasteiger partial charge in [-0.1, -0.05) is 22.6 Å². The van der Waals surface area contributed by atoms with Gasteiger partial charge in [-0.2, -0.15) is 0 Å². The summed E-state index contributed by atoms with van der Waals surface area (Å²) < 4.78 is 22.7. The van der Waals surface area contributed by atoms with Gasteiger partial charge >= 0.3 is 6.09 Å². The van der Waals surface area contributed by atoms with Crippen LogP contribution >= 0.6 is 0 Å². The fraction of sp³-hybridized carbons (Fsp3) is 0.444. The van der Waals surface area contributed by atoms with E-state index in [1.54, 1.807) is 12.4 Å². The largest absolute Gasteiger partial charge is 0.591 e. The molecular weight excluding hydrogens is 324 g/mol. The molecule has 5 nitrogen and oxygen atoms in total. The Balaban J connectivity index is 2.43. The van der Waals surface area contributed by atoms with Crippen molar-refractivity contribution in [3.63, 3.8) is 0 Å². The standard InChI is InChI=1S/C18H24N2O3S/c1-17(2,3)23-16(21)20-12-13(11-19-24(22)18(4,5)6)14-9-7-8-10-15(14)20/h7-12H,1-6H3/b19-11+. The zero-order valence-electron chi connectivity index (χ0n) is 15.0. The number of hydrogen-bond donors (Lipinski definition) is 0. The van der Waals surface area contributed by atoms with Crippen molar-refractivity contribution >= 4 is 34.6 Å². The molecule has 0 spiro atoms. The minimum Gasteiger partial charge on any atom is -0.591 e. The highest BCUT2D eigenvalue weighted by molar-refractivity contribution is 7.91. The zero-order valence-corrected chi connectivity index (χ0v) is 15.8. The number of aromatic nitrogens is 1. The molecule has 0 fully saturated rings. The molecule has 1 heterocycles. The molecule has 1 unspecified atom stereocenters. The van der Waals surface area contributed by atoms with Gasteiger partial charge in [0.05, 0.1) is 11.7 Å². The highest BCUT2D eigenvalue weighted by atomic mass is 32.2. The number of ether oxygens (including phenoxy) is 1. The summed E-state index contributed by atoms with van der Waals surface area (Å²) in [7, 11) is 0. The third-order valence-electron chi connectivity index (χ3n) is 3.14. The van der Waals surface area contributed by atoms with E-state index in [0.717, 1.165) is 16.5 Å². The molecule has 0 saturated carbocycles. The van der Waals surface area contributed by atoms with Gasteiger partial charge in [0.1, 0.15) is 21.7 Å². The number of carbonyl (C=O) groups is 1. The lowest BCUT2D eigenvalue weighted by Gasteiger charge is -2.19. The van der Waals surface area contributed by atoms with Gasteiger partial charge in [-0.25, -0.2) is 4.79 Å². The second-order valence-electron chi connectivity index (χ2n) is 7.55. The van der Waals surface area contributed by atoms with E-state index in [0.29, 0.717) is 0 Å². The number of rotatable bonds is 2. The lowest BCUT2D eigenvalue weighted by Crippen LogP contribution is -2.26. The molecule has 24 heavy (non-hydrogen) atoms. The van der Waals surface area contributed by atoms with E-state index in [1.165, 1.54) is 4.57 Å². The summed E-state index contributed by atoms with van der Waals surface area (Å²) >= 11 is -1.35. The summed E-state index contributed by atoms with van der Waals surface area (Å²) in [6.45, 7) is 11.1. The molecule has 0 aliphatic rings. The van der Waals surface area contributed by atoms with Crippen molar-refractivity contribution in [1.29, 1.82) is 0 Å². The van der Waals surface area contributed by atoms with Crippen LogP contribution in [0.5, 0.6) is 0 Å². The first-order valence-electron chi connectivity index (χ1n) is 7.78. The fourth-order valence-electron chi connectivity index (χ4n) is 2.03. The molecule has 0 amide bonds. The predicted octanol–water partition coefficient (Wildman–Crippen LogP) is 4.31. The van der Waals surface area contributed by atoms with Crippen molar-refractivity contribution in [1.82, 2.24) is 4.57 Å². The first kappa shape index (κ1) is 18.5. The van der Waals surface area contributed by atoms with E-state index in [1.807, 2.05) is 65.8 Å². The maximum absolute atomic E-state index is 12.4. The summed E-state index contributed by atoms with van der Waals surface area (Å²) in [5.41, 5.74) is 0.883. The van der Waals surface area contributed by atoms with Crippen LogP contribution in [0.4, 0.5) is 4.79 Å². The van der Waals surface area contributed by atoms with Crippen molar-refractivity contribution in [2.45, 2.75) is 51.9 Å². The minimum atomic E-state index is -1.35. The molecule has 2 rings (SSSR count). The van der Waals surface area contributed by atoms with Crippen LogP contribution in [0.25, 0.3) is 10.9 Å². The Kier molecular flexibility index (Phi) is 5.11. The summed E-state index contributed by atoms with van der Waals surface area (Å²) in [6, 6.07) is 7.49. The highest BCUT2D eigenvalue weighted by Gasteiger charge is 2.26. The number of para-hydroxylation sites is 1. The van der Waals surface area contributed by atoms with Crippen molar-refractivity contribution < 1.29 is 14.1 Å². The Hall–Kier alpha value is -1.79. The van der Waals surface area contributed by atoms with E-state index in [2.05, 4.69) is 4.40 Å². The Morgan fingerprint density at radius 3 is 2.42 bits per heavy atom. The van der Waals surface area contributed by atoms with Crippen LogP contribution in [0.15, 0.2) is 34.9 Å². The van der Waals surface area contributed by atoms with Crippen LogP contribution in [0.2, 0.25) is 0 Å². The number of benzene rings is 1. The first-order valence-corrected chi connectivity index (χ1v) is 8.89. The second kappa shape index (κ2) is 6.61. The van der Waals surface area contributed by atoms with Crippen LogP contribution < -0.4 is 0 Å². The van der Waals surface area contributed by atoms with Gasteiger partial charge < -0.3 is 9.29 Å². The molecule has 0 aliphatic heterocycles. The smallest absolute Gasteiger partial charge is 0.419 e.